The molecule has 1 aliphatic rings. The number of benzene rings is 1. The van der Waals surface area contributed by atoms with Gasteiger partial charge in [-0.15, -0.1) is 0 Å². The van der Waals surface area contributed by atoms with E-state index in [1.807, 2.05) is 18.2 Å². The van der Waals surface area contributed by atoms with E-state index < -0.39 is 12.2 Å². The van der Waals surface area contributed by atoms with E-state index in [1.165, 1.54) is 5.56 Å². The highest BCUT2D eigenvalue weighted by Gasteiger charge is 2.30. The summed E-state index contributed by atoms with van der Waals surface area (Å²) in [7, 11) is 0. The van der Waals surface area contributed by atoms with Crippen LogP contribution in [0, 0.1) is 5.92 Å². The van der Waals surface area contributed by atoms with Crippen molar-refractivity contribution in [1.29, 1.82) is 0 Å². The van der Waals surface area contributed by atoms with Crippen molar-refractivity contribution in [3.63, 3.8) is 0 Å². The highest BCUT2D eigenvalue weighted by atomic mass is 127. The van der Waals surface area contributed by atoms with Crippen molar-refractivity contribution >= 4 is 45.2 Å². The molecule has 0 heterocycles. The van der Waals surface area contributed by atoms with E-state index in [0.29, 0.717) is 28.0 Å². The first-order valence-corrected chi connectivity index (χ1v) is 12.1. The minimum Gasteiger partial charge on any atom is -0.491 e. The first-order chi connectivity index (χ1) is 12.9. The minimum atomic E-state index is -0.435. The Kier molecular flexibility index (Phi) is 9.37. The minimum absolute atomic E-state index is 0.0273. The highest BCUT2D eigenvalue weighted by molar-refractivity contribution is 14.1. The van der Waals surface area contributed by atoms with Gasteiger partial charge in [0, 0.05) is 8.86 Å². The molecule has 1 aliphatic carbocycles. The van der Waals surface area contributed by atoms with Gasteiger partial charge in [0.05, 0.1) is 12.2 Å². The van der Waals surface area contributed by atoms with E-state index in [4.69, 9.17) is 9.47 Å². The summed E-state index contributed by atoms with van der Waals surface area (Å²) >= 11 is 4.30. The second-order valence-electron chi connectivity index (χ2n) is 7.29. The van der Waals surface area contributed by atoms with E-state index in [9.17, 15) is 10.2 Å². The van der Waals surface area contributed by atoms with Gasteiger partial charge in [-0.05, 0) is 47.6 Å². The van der Waals surface area contributed by atoms with Crippen molar-refractivity contribution in [3.8, 4) is 5.75 Å². The number of aliphatic hydroxyl groups is 2. The quantitative estimate of drug-likeness (QED) is 0.310. The fraction of sp³-hybridized carbons (Fsp3) is 0.524. The number of halogens is 2. The number of aliphatic hydroxyl groups excluding tert-OH is 2. The number of alkyl halides is 2. The van der Waals surface area contributed by atoms with Crippen molar-refractivity contribution in [2.75, 3.05) is 22.1 Å². The monoisotopic (exact) mass is 598 g/mol. The molecule has 0 amide bonds. The van der Waals surface area contributed by atoms with Crippen LogP contribution in [-0.4, -0.2) is 44.5 Å². The number of allylic oxidation sites excluding steroid dienone is 3. The van der Waals surface area contributed by atoms with Crippen LogP contribution in [0.15, 0.2) is 48.3 Å². The first kappa shape index (κ1) is 23.0. The third-order valence-electron chi connectivity index (χ3n) is 4.83. The average Bonchev–Trinajstić information content (AvgIpc) is 2.70. The molecule has 27 heavy (non-hydrogen) atoms. The molecular formula is C21H28I2O4. The summed E-state index contributed by atoms with van der Waals surface area (Å²) < 4.78 is 12.6. The second kappa shape index (κ2) is 11.0. The Morgan fingerprint density at radius 3 is 2.15 bits per heavy atom. The SMILES string of the molecule is CC(C)(c1ccc(OCC(O)CI)cc1)C1C=CC(OCC(O)CI)=CC1. The number of rotatable bonds is 10. The molecule has 1 aromatic rings. The lowest BCUT2D eigenvalue weighted by molar-refractivity contribution is 0.0919. The molecule has 2 rings (SSSR count). The normalized spacial score (nSPS) is 19.3. The maximum Gasteiger partial charge on any atom is 0.119 e. The van der Waals surface area contributed by atoms with E-state index in [1.54, 1.807) is 0 Å². The lowest BCUT2D eigenvalue weighted by Gasteiger charge is -2.34. The summed E-state index contributed by atoms with van der Waals surface area (Å²) in [6.45, 7) is 5.15. The van der Waals surface area contributed by atoms with Crippen molar-refractivity contribution in [1.82, 2.24) is 0 Å². The van der Waals surface area contributed by atoms with Crippen LogP contribution in [0.1, 0.15) is 25.8 Å². The third kappa shape index (κ3) is 6.90. The van der Waals surface area contributed by atoms with Gasteiger partial charge in [-0.1, -0.05) is 77.2 Å². The Bertz CT molecular complexity index is 640. The topological polar surface area (TPSA) is 58.9 Å². The van der Waals surface area contributed by atoms with Crippen molar-refractivity contribution in [2.24, 2.45) is 5.92 Å². The molecule has 2 N–H and O–H groups in total. The number of hydrogen-bond donors (Lipinski definition) is 2. The molecule has 4 nitrogen and oxygen atoms in total. The third-order valence-corrected chi connectivity index (χ3v) is 6.87. The predicted molar refractivity (Wildman–Crippen MR) is 126 cm³/mol. The number of hydrogen-bond acceptors (Lipinski definition) is 4. The Morgan fingerprint density at radius 1 is 1.04 bits per heavy atom. The zero-order chi connectivity index (χ0) is 19.9. The van der Waals surface area contributed by atoms with Crippen molar-refractivity contribution < 1.29 is 19.7 Å². The summed E-state index contributed by atoms with van der Waals surface area (Å²) in [6, 6.07) is 8.15. The van der Waals surface area contributed by atoms with Gasteiger partial charge in [-0.2, -0.15) is 0 Å². The van der Waals surface area contributed by atoms with Gasteiger partial charge in [0.15, 0.2) is 0 Å². The van der Waals surface area contributed by atoms with Crippen molar-refractivity contribution in [3.05, 3.63) is 53.8 Å². The lowest BCUT2D eigenvalue weighted by Crippen LogP contribution is -2.28. The van der Waals surface area contributed by atoms with Crippen LogP contribution in [0.25, 0.3) is 0 Å². The molecule has 0 saturated carbocycles. The smallest absolute Gasteiger partial charge is 0.119 e. The number of ether oxygens (including phenoxy) is 2. The molecule has 3 unspecified atom stereocenters. The Hall–Kier alpha value is -0.320. The van der Waals surface area contributed by atoms with Crippen LogP contribution in [-0.2, 0) is 10.2 Å². The highest BCUT2D eigenvalue weighted by Crippen LogP contribution is 2.38. The van der Waals surface area contributed by atoms with Gasteiger partial charge in [0.25, 0.3) is 0 Å². The van der Waals surface area contributed by atoms with Crippen LogP contribution < -0.4 is 4.74 Å². The summed E-state index contributed by atoms with van der Waals surface area (Å²) in [4.78, 5) is 0. The van der Waals surface area contributed by atoms with E-state index in [0.717, 1.165) is 17.9 Å². The van der Waals surface area contributed by atoms with E-state index >= 15 is 0 Å². The summed E-state index contributed by atoms with van der Waals surface area (Å²) in [5.41, 5.74) is 1.22. The summed E-state index contributed by atoms with van der Waals surface area (Å²) in [5.74, 6) is 1.98. The lowest BCUT2D eigenvalue weighted by atomic mass is 9.71. The molecule has 0 bridgehead atoms. The molecule has 0 aliphatic heterocycles. The fourth-order valence-corrected chi connectivity index (χ4v) is 3.42. The second-order valence-corrected chi connectivity index (χ2v) is 9.05. The first-order valence-electron chi connectivity index (χ1n) is 9.09. The molecular weight excluding hydrogens is 570 g/mol. The molecule has 0 spiro atoms. The van der Waals surface area contributed by atoms with Crippen LogP contribution in [0.3, 0.4) is 0 Å². The Labute approximate surface area is 189 Å². The molecule has 3 atom stereocenters. The fourth-order valence-electron chi connectivity index (χ4n) is 2.91. The van der Waals surface area contributed by atoms with Crippen LogP contribution in [0.5, 0.6) is 5.75 Å². The Balaban J connectivity index is 1.94. The zero-order valence-electron chi connectivity index (χ0n) is 15.8. The van der Waals surface area contributed by atoms with Gasteiger partial charge < -0.3 is 19.7 Å². The molecule has 1 aromatic carbocycles. The molecule has 0 aromatic heterocycles. The molecule has 6 heteroatoms. The maximum absolute atomic E-state index is 9.62. The van der Waals surface area contributed by atoms with Crippen molar-refractivity contribution in [2.45, 2.75) is 37.9 Å². The Morgan fingerprint density at radius 2 is 1.63 bits per heavy atom. The van der Waals surface area contributed by atoms with Gasteiger partial charge in [-0.25, -0.2) is 0 Å². The molecule has 0 fully saturated rings. The maximum atomic E-state index is 9.62. The van der Waals surface area contributed by atoms with Gasteiger partial charge in [-0.3, -0.25) is 0 Å². The van der Waals surface area contributed by atoms with E-state index in [2.05, 4.69) is 83.3 Å². The van der Waals surface area contributed by atoms with Gasteiger partial charge in [0.1, 0.15) is 24.7 Å². The summed E-state index contributed by atoms with van der Waals surface area (Å²) in [5, 5.41) is 19.2. The largest absolute Gasteiger partial charge is 0.491 e. The van der Waals surface area contributed by atoms with Crippen LogP contribution >= 0.6 is 45.2 Å². The molecule has 0 radical (unpaired) electrons. The zero-order valence-corrected chi connectivity index (χ0v) is 20.1. The van der Waals surface area contributed by atoms with Gasteiger partial charge in [0.2, 0.25) is 0 Å². The van der Waals surface area contributed by atoms with Gasteiger partial charge >= 0.3 is 0 Å². The van der Waals surface area contributed by atoms with Crippen LogP contribution in [0.4, 0.5) is 0 Å². The molecule has 150 valence electrons. The predicted octanol–water partition coefficient (Wildman–Crippen LogP) is 4.41. The van der Waals surface area contributed by atoms with Crippen LogP contribution in [0.2, 0.25) is 0 Å². The molecule has 0 saturated heterocycles. The van der Waals surface area contributed by atoms with E-state index in [-0.39, 0.29) is 5.41 Å². The summed E-state index contributed by atoms with van der Waals surface area (Å²) in [6.07, 6.45) is 6.36. The standard InChI is InChI=1S/C21H28I2O4/c1-21(2,15-3-7-19(8-4-15)26-13-17(24)11-22)16-5-9-20(10-6-16)27-14-18(25)12-23/h3-5,7-10,16-18,24-25H,6,11-14H2,1-2H3. The average molecular weight is 598 g/mol.